The van der Waals surface area contributed by atoms with E-state index >= 15 is 0 Å². The van der Waals surface area contributed by atoms with Gasteiger partial charge in [-0.2, -0.15) is 4.31 Å². The Balaban J connectivity index is 3.25. The molecule has 0 aromatic heterocycles. The molecule has 0 saturated heterocycles. The van der Waals surface area contributed by atoms with Gasteiger partial charge >= 0.3 is 0 Å². The van der Waals surface area contributed by atoms with Crippen molar-refractivity contribution < 1.29 is 17.9 Å². The van der Waals surface area contributed by atoms with Crippen molar-refractivity contribution in [2.45, 2.75) is 31.3 Å². The maximum absolute atomic E-state index is 13.2. The van der Waals surface area contributed by atoms with E-state index < -0.39 is 21.4 Å². The summed E-state index contributed by atoms with van der Waals surface area (Å²) < 4.78 is 39.0. The van der Waals surface area contributed by atoms with Gasteiger partial charge in [0.25, 0.3) is 0 Å². The molecule has 1 N–H and O–H groups in total. The van der Waals surface area contributed by atoms with Crippen LogP contribution in [0.2, 0.25) is 5.02 Å². The van der Waals surface area contributed by atoms with Crippen LogP contribution in [0.4, 0.5) is 4.39 Å². The summed E-state index contributed by atoms with van der Waals surface area (Å²) in [7, 11) is -3.94. The van der Waals surface area contributed by atoms with E-state index in [4.69, 9.17) is 11.6 Å². The van der Waals surface area contributed by atoms with Crippen LogP contribution in [0.1, 0.15) is 20.8 Å². The second-order valence-electron chi connectivity index (χ2n) is 4.82. The van der Waals surface area contributed by atoms with Gasteiger partial charge in [-0.1, -0.05) is 18.5 Å². The van der Waals surface area contributed by atoms with E-state index in [0.29, 0.717) is 0 Å². The highest BCUT2D eigenvalue weighted by Crippen LogP contribution is 2.26. The van der Waals surface area contributed by atoms with Crippen molar-refractivity contribution in [3.8, 4) is 0 Å². The van der Waals surface area contributed by atoms with Crippen LogP contribution in [0.3, 0.4) is 0 Å². The summed E-state index contributed by atoms with van der Waals surface area (Å²) in [6.45, 7) is 4.69. The van der Waals surface area contributed by atoms with Crippen molar-refractivity contribution in [3.05, 3.63) is 29.0 Å². The molecule has 1 rings (SSSR count). The fourth-order valence-electron chi connectivity index (χ4n) is 1.61. The molecule has 0 unspecified atom stereocenters. The summed E-state index contributed by atoms with van der Waals surface area (Å²) in [4.78, 5) is -0.291. The van der Waals surface area contributed by atoms with Crippen LogP contribution in [0, 0.1) is 5.82 Å². The lowest BCUT2D eigenvalue weighted by Gasteiger charge is -2.27. The zero-order valence-electron chi connectivity index (χ0n) is 11.0. The molecule has 7 heteroatoms. The lowest BCUT2D eigenvalue weighted by molar-refractivity contribution is 0.0601. The van der Waals surface area contributed by atoms with Crippen molar-refractivity contribution in [1.29, 1.82) is 0 Å². The number of sulfonamides is 1. The molecular formula is C12H17ClFNO3S. The molecule has 0 bridgehead atoms. The predicted octanol–water partition coefficient (Wildman–Crippen LogP) is 2.26. The number of benzene rings is 1. The Bertz CT molecular complexity index is 555. The average Bonchev–Trinajstić information content (AvgIpc) is 2.27. The molecular weight excluding hydrogens is 293 g/mol. The predicted molar refractivity (Wildman–Crippen MR) is 72.1 cm³/mol. The summed E-state index contributed by atoms with van der Waals surface area (Å²) in [5, 5.41) is 9.69. The normalized spacial score (nSPS) is 13.0. The van der Waals surface area contributed by atoms with Crippen LogP contribution in [-0.4, -0.2) is 36.5 Å². The lowest BCUT2D eigenvalue weighted by Crippen LogP contribution is -2.42. The fourth-order valence-corrected chi connectivity index (χ4v) is 3.70. The van der Waals surface area contributed by atoms with Crippen LogP contribution >= 0.6 is 11.6 Å². The zero-order chi connectivity index (χ0) is 14.8. The van der Waals surface area contributed by atoms with Gasteiger partial charge in [-0.3, -0.25) is 0 Å². The van der Waals surface area contributed by atoms with Crippen molar-refractivity contribution in [2.24, 2.45) is 0 Å². The Hall–Kier alpha value is -0.690. The summed E-state index contributed by atoms with van der Waals surface area (Å²) >= 11 is 5.82. The second kappa shape index (κ2) is 5.75. The molecule has 0 radical (unpaired) electrons. The first-order chi connectivity index (χ1) is 8.58. The molecule has 0 heterocycles. The Morgan fingerprint density at radius 1 is 1.42 bits per heavy atom. The number of nitrogens with zero attached hydrogens (tertiary/aromatic N) is 1. The van der Waals surface area contributed by atoms with Gasteiger partial charge < -0.3 is 5.11 Å². The SMILES string of the molecule is CCN(CC(C)(C)O)S(=O)(=O)c1cc(F)ccc1Cl. The van der Waals surface area contributed by atoms with E-state index in [1.807, 2.05) is 0 Å². The van der Waals surface area contributed by atoms with Crippen LogP contribution < -0.4 is 0 Å². The highest BCUT2D eigenvalue weighted by molar-refractivity contribution is 7.89. The number of hydrogen-bond acceptors (Lipinski definition) is 3. The minimum absolute atomic E-state index is 0.0457. The number of aliphatic hydroxyl groups is 1. The Morgan fingerprint density at radius 2 is 2.00 bits per heavy atom. The quantitative estimate of drug-likeness (QED) is 0.907. The van der Waals surface area contributed by atoms with Gasteiger partial charge in [0.1, 0.15) is 10.7 Å². The molecule has 0 fully saturated rings. The van der Waals surface area contributed by atoms with E-state index in [-0.39, 0.29) is 23.0 Å². The molecule has 0 aliphatic rings. The zero-order valence-corrected chi connectivity index (χ0v) is 12.6. The first-order valence-electron chi connectivity index (χ1n) is 5.75. The highest BCUT2D eigenvalue weighted by atomic mass is 35.5. The number of likely N-dealkylation sites (N-methyl/N-ethyl adjacent to an activating group) is 1. The molecule has 4 nitrogen and oxygen atoms in total. The molecule has 0 saturated carbocycles. The summed E-state index contributed by atoms with van der Waals surface area (Å²) in [5.74, 6) is -0.678. The van der Waals surface area contributed by atoms with Gasteiger partial charge in [0.15, 0.2) is 0 Å². The topological polar surface area (TPSA) is 57.6 Å². The third kappa shape index (κ3) is 4.14. The number of halogens is 2. The first-order valence-corrected chi connectivity index (χ1v) is 7.57. The largest absolute Gasteiger partial charge is 0.389 e. The Morgan fingerprint density at radius 3 is 2.47 bits per heavy atom. The van der Waals surface area contributed by atoms with Crippen LogP contribution in [0.15, 0.2) is 23.1 Å². The summed E-state index contributed by atoms with van der Waals surface area (Å²) in [5.41, 5.74) is -1.19. The summed E-state index contributed by atoms with van der Waals surface area (Å²) in [6.07, 6.45) is 0. The third-order valence-electron chi connectivity index (χ3n) is 2.43. The van der Waals surface area contributed by atoms with E-state index in [1.165, 1.54) is 19.9 Å². The van der Waals surface area contributed by atoms with Crippen LogP contribution in [0.25, 0.3) is 0 Å². The standard InChI is InChI=1S/C12H17ClFNO3S/c1-4-15(8-12(2,3)16)19(17,18)11-7-9(14)5-6-10(11)13/h5-7,16H,4,8H2,1-3H3. The van der Waals surface area contributed by atoms with Crippen molar-refractivity contribution in [1.82, 2.24) is 4.31 Å². The van der Waals surface area contributed by atoms with Gasteiger partial charge in [0.05, 0.1) is 10.6 Å². The maximum atomic E-state index is 13.2. The number of hydrogen-bond donors (Lipinski definition) is 1. The smallest absolute Gasteiger partial charge is 0.244 e. The molecule has 108 valence electrons. The lowest BCUT2D eigenvalue weighted by atomic mass is 10.1. The highest BCUT2D eigenvalue weighted by Gasteiger charge is 2.30. The minimum atomic E-state index is -3.94. The second-order valence-corrected chi connectivity index (χ2v) is 7.13. The first kappa shape index (κ1) is 16.4. The van der Waals surface area contributed by atoms with Gasteiger partial charge in [-0.25, -0.2) is 12.8 Å². The molecule has 0 spiro atoms. The van der Waals surface area contributed by atoms with Gasteiger partial charge in [0.2, 0.25) is 10.0 Å². The molecule has 19 heavy (non-hydrogen) atoms. The van der Waals surface area contributed by atoms with Crippen LogP contribution in [-0.2, 0) is 10.0 Å². The molecule has 1 aromatic rings. The van der Waals surface area contributed by atoms with Crippen LogP contribution in [0.5, 0.6) is 0 Å². The van der Waals surface area contributed by atoms with Gasteiger partial charge in [0, 0.05) is 13.1 Å². The monoisotopic (exact) mass is 309 g/mol. The molecule has 0 atom stereocenters. The van der Waals surface area contributed by atoms with E-state index in [1.54, 1.807) is 6.92 Å². The van der Waals surface area contributed by atoms with Gasteiger partial charge in [-0.05, 0) is 32.0 Å². The third-order valence-corrected chi connectivity index (χ3v) is 4.83. The van der Waals surface area contributed by atoms with Crippen molar-refractivity contribution in [2.75, 3.05) is 13.1 Å². The minimum Gasteiger partial charge on any atom is -0.389 e. The van der Waals surface area contributed by atoms with E-state index in [0.717, 1.165) is 16.4 Å². The Labute approximate surface area is 117 Å². The van der Waals surface area contributed by atoms with Gasteiger partial charge in [-0.15, -0.1) is 0 Å². The van der Waals surface area contributed by atoms with Crippen molar-refractivity contribution in [3.63, 3.8) is 0 Å². The molecule has 1 aromatic carbocycles. The Kier molecular flexibility index (Phi) is 4.95. The average molecular weight is 310 g/mol. The number of rotatable bonds is 5. The van der Waals surface area contributed by atoms with E-state index in [2.05, 4.69) is 0 Å². The maximum Gasteiger partial charge on any atom is 0.244 e. The summed E-state index contributed by atoms with van der Waals surface area (Å²) in [6, 6.07) is 3.17. The van der Waals surface area contributed by atoms with Crippen molar-refractivity contribution >= 4 is 21.6 Å². The molecule has 0 amide bonds. The molecule has 0 aliphatic carbocycles. The molecule has 0 aliphatic heterocycles. The van der Waals surface area contributed by atoms with E-state index in [9.17, 15) is 17.9 Å². The fraction of sp³-hybridized carbons (Fsp3) is 0.500.